The zero-order valence-corrected chi connectivity index (χ0v) is 12.5. The van der Waals surface area contributed by atoms with Crippen LogP contribution in [0.5, 0.6) is 0 Å². The van der Waals surface area contributed by atoms with E-state index in [-0.39, 0.29) is 0 Å². The van der Waals surface area contributed by atoms with Crippen LogP contribution in [0.4, 0.5) is 11.5 Å². The SMILES string of the molecule is CCCN(Cc1ccccc1N)c1nc(C)ccc1C#N. The third-order valence-electron chi connectivity index (χ3n) is 3.34. The number of nitriles is 1. The summed E-state index contributed by atoms with van der Waals surface area (Å²) in [5, 5.41) is 9.31. The highest BCUT2D eigenvalue weighted by molar-refractivity contribution is 5.56. The van der Waals surface area contributed by atoms with Crippen LogP contribution in [0.3, 0.4) is 0 Å². The Morgan fingerprint density at radius 2 is 2.00 bits per heavy atom. The van der Waals surface area contributed by atoms with E-state index in [1.807, 2.05) is 43.3 Å². The molecular weight excluding hydrogens is 260 g/mol. The number of rotatable bonds is 5. The van der Waals surface area contributed by atoms with Crippen LogP contribution < -0.4 is 10.6 Å². The van der Waals surface area contributed by atoms with E-state index in [9.17, 15) is 5.26 Å². The first kappa shape index (κ1) is 14.9. The highest BCUT2D eigenvalue weighted by Gasteiger charge is 2.14. The Bertz CT molecular complexity index is 658. The first-order chi connectivity index (χ1) is 10.2. The maximum absolute atomic E-state index is 9.31. The van der Waals surface area contributed by atoms with Crippen LogP contribution in [0.1, 0.15) is 30.2 Å². The van der Waals surface area contributed by atoms with E-state index in [0.29, 0.717) is 12.1 Å². The fourth-order valence-corrected chi connectivity index (χ4v) is 2.28. The summed E-state index contributed by atoms with van der Waals surface area (Å²) >= 11 is 0. The molecule has 0 saturated heterocycles. The predicted octanol–water partition coefficient (Wildman–Crippen LogP) is 3.26. The molecule has 1 aromatic heterocycles. The summed E-state index contributed by atoms with van der Waals surface area (Å²) in [4.78, 5) is 6.67. The molecule has 0 unspecified atom stereocenters. The van der Waals surface area contributed by atoms with Crippen LogP contribution >= 0.6 is 0 Å². The van der Waals surface area contributed by atoms with Gasteiger partial charge in [-0.1, -0.05) is 25.1 Å². The lowest BCUT2D eigenvalue weighted by atomic mass is 10.1. The monoisotopic (exact) mass is 280 g/mol. The molecule has 4 nitrogen and oxygen atoms in total. The Hall–Kier alpha value is -2.54. The smallest absolute Gasteiger partial charge is 0.147 e. The number of nitrogens with zero attached hydrogens (tertiary/aromatic N) is 3. The molecule has 0 bridgehead atoms. The second-order valence-corrected chi connectivity index (χ2v) is 5.06. The van der Waals surface area contributed by atoms with Crippen molar-refractivity contribution in [1.82, 2.24) is 4.98 Å². The van der Waals surface area contributed by atoms with Crippen molar-refractivity contribution in [1.29, 1.82) is 5.26 Å². The van der Waals surface area contributed by atoms with Crippen molar-refractivity contribution >= 4 is 11.5 Å². The van der Waals surface area contributed by atoms with Gasteiger partial charge in [0.2, 0.25) is 0 Å². The number of nitrogens with two attached hydrogens (primary N) is 1. The molecule has 0 aliphatic heterocycles. The molecular formula is C17H20N4. The van der Waals surface area contributed by atoms with Gasteiger partial charge in [-0.05, 0) is 37.1 Å². The maximum Gasteiger partial charge on any atom is 0.147 e. The number of para-hydroxylation sites is 1. The lowest BCUT2D eigenvalue weighted by molar-refractivity contribution is 0.752. The Labute approximate surface area is 125 Å². The molecule has 1 aromatic carbocycles. The van der Waals surface area contributed by atoms with Crippen LogP contribution in [0.15, 0.2) is 36.4 Å². The number of hydrogen-bond acceptors (Lipinski definition) is 4. The van der Waals surface area contributed by atoms with Crippen LogP contribution in [-0.4, -0.2) is 11.5 Å². The zero-order chi connectivity index (χ0) is 15.2. The average Bonchev–Trinajstić information content (AvgIpc) is 2.49. The minimum absolute atomic E-state index is 0.601. The normalized spacial score (nSPS) is 10.1. The molecule has 2 aromatic rings. The fraction of sp³-hybridized carbons (Fsp3) is 0.294. The largest absolute Gasteiger partial charge is 0.398 e. The lowest BCUT2D eigenvalue weighted by Crippen LogP contribution is -2.26. The molecule has 0 amide bonds. The van der Waals surface area contributed by atoms with Gasteiger partial charge in [-0.15, -0.1) is 0 Å². The number of aromatic nitrogens is 1. The minimum atomic E-state index is 0.601. The van der Waals surface area contributed by atoms with Gasteiger partial charge < -0.3 is 10.6 Å². The summed E-state index contributed by atoms with van der Waals surface area (Å²) in [5.41, 5.74) is 9.36. The summed E-state index contributed by atoms with van der Waals surface area (Å²) in [6.07, 6.45) is 0.979. The van der Waals surface area contributed by atoms with Crippen molar-refractivity contribution in [3.05, 3.63) is 53.2 Å². The Morgan fingerprint density at radius 3 is 2.67 bits per heavy atom. The Morgan fingerprint density at radius 1 is 1.24 bits per heavy atom. The van der Waals surface area contributed by atoms with Gasteiger partial charge in [0.15, 0.2) is 0 Å². The number of aryl methyl sites for hydroxylation is 1. The van der Waals surface area contributed by atoms with Gasteiger partial charge in [0.05, 0.1) is 5.56 Å². The van der Waals surface area contributed by atoms with Gasteiger partial charge in [-0.3, -0.25) is 0 Å². The maximum atomic E-state index is 9.31. The number of hydrogen-bond donors (Lipinski definition) is 1. The van der Waals surface area contributed by atoms with E-state index in [0.717, 1.165) is 35.7 Å². The standard InChI is InChI=1S/C17H20N4/c1-3-10-21(12-15-6-4-5-7-16(15)19)17-14(11-18)9-8-13(2)20-17/h4-9H,3,10,12,19H2,1-2H3. The van der Waals surface area contributed by atoms with Crippen molar-refractivity contribution in [3.63, 3.8) is 0 Å². The van der Waals surface area contributed by atoms with Gasteiger partial charge >= 0.3 is 0 Å². The summed E-state index contributed by atoms with van der Waals surface area (Å²) in [6, 6.07) is 13.7. The fourth-order valence-electron chi connectivity index (χ4n) is 2.28. The molecule has 2 rings (SSSR count). The number of pyridine rings is 1. The first-order valence-electron chi connectivity index (χ1n) is 7.11. The molecule has 0 aliphatic carbocycles. The topological polar surface area (TPSA) is 65.9 Å². The van der Waals surface area contributed by atoms with Gasteiger partial charge in [-0.2, -0.15) is 5.26 Å². The van der Waals surface area contributed by atoms with Crippen LogP contribution in [-0.2, 0) is 6.54 Å². The van der Waals surface area contributed by atoms with Crippen LogP contribution in [0.2, 0.25) is 0 Å². The van der Waals surface area contributed by atoms with E-state index < -0.39 is 0 Å². The molecule has 0 saturated carbocycles. The third kappa shape index (κ3) is 3.51. The highest BCUT2D eigenvalue weighted by Crippen LogP contribution is 2.22. The van der Waals surface area contributed by atoms with Gasteiger partial charge in [-0.25, -0.2) is 4.98 Å². The third-order valence-corrected chi connectivity index (χ3v) is 3.34. The van der Waals surface area contributed by atoms with E-state index in [4.69, 9.17) is 5.73 Å². The Kier molecular flexibility index (Phi) is 4.78. The van der Waals surface area contributed by atoms with Crippen molar-refractivity contribution in [2.24, 2.45) is 0 Å². The van der Waals surface area contributed by atoms with Gasteiger partial charge in [0.1, 0.15) is 11.9 Å². The molecule has 4 heteroatoms. The molecule has 1 heterocycles. The first-order valence-corrected chi connectivity index (χ1v) is 7.11. The van der Waals surface area contributed by atoms with Crippen LogP contribution in [0.25, 0.3) is 0 Å². The average molecular weight is 280 g/mol. The van der Waals surface area contributed by atoms with Crippen molar-refractivity contribution in [2.45, 2.75) is 26.8 Å². The second kappa shape index (κ2) is 6.76. The molecule has 0 radical (unpaired) electrons. The highest BCUT2D eigenvalue weighted by atomic mass is 15.2. The van der Waals surface area contributed by atoms with Gasteiger partial charge in [0.25, 0.3) is 0 Å². The molecule has 0 atom stereocenters. The predicted molar refractivity (Wildman–Crippen MR) is 85.9 cm³/mol. The van der Waals surface area contributed by atoms with E-state index in [1.165, 1.54) is 0 Å². The zero-order valence-electron chi connectivity index (χ0n) is 12.5. The quantitative estimate of drug-likeness (QED) is 0.854. The van der Waals surface area contributed by atoms with E-state index in [1.54, 1.807) is 0 Å². The molecule has 0 fully saturated rings. The lowest BCUT2D eigenvalue weighted by Gasteiger charge is -2.25. The summed E-state index contributed by atoms with van der Waals surface area (Å²) in [7, 11) is 0. The number of anilines is 2. The Balaban J connectivity index is 2.38. The van der Waals surface area contributed by atoms with E-state index in [2.05, 4.69) is 22.9 Å². The number of nitrogen functional groups attached to an aromatic ring is 1. The van der Waals surface area contributed by atoms with Crippen molar-refractivity contribution < 1.29 is 0 Å². The minimum Gasteiger partial charge on any atom is -0.398 e. The molecule has 0 spiro atoms. The van der Waals surface area contributed by atoms with Crippen molar-refractivity contribution in [3.8, 4) is 6.07 Å². The summed E-state index contributed by atoms with van der Waals surface area (Å²) < 4.78 is 0. The molecule has 0 aliphatic rings. The van der Waals surface area contributed by atoms with Crippen molar-refractivity contribution in [2.75, 3.05) is 17.2 Å². The molecule has 108 valence electrons. The van der Waals surface area contributed by atoms with Crippen LogP contribution in [0, 0.1) is 18.3 Å². The number of benzene rings is 1. The molecule has 21 heavy (non-hydrogen) atoms. The summed E-state index contributed by atoms with van der Waals surface area (Å²) in [6.45, 7) is 5.54. The second-order valence-electron chi connectivity index (χ2n) is 5.06. The summed E-state index contributed by atoms with van der Waals surface area (Å²) in [5.74, 6) is 0.739. The van der Waals surface area contributed by atoms with E-state index >= 15 is 0 Å². The van der Waals surface area contributed by atoms with Gasteiger partial charge in [0, 0.05) is 24.5 Å². The molecule has 2 N–H and O–H groups in total.